The summed E-state index contributed by atoms with van der Waals surface area (Å²) < 4.78 is 6.93. The number of carbonyl (C=O) groups excluding carboxylic acids is 1. The molecular weight excluding hydrogens is 354 g/mol. The number of oxazole rings is 1. The monoisotopic (exact) mass is 377 g/mol. The van der Waals surface area contributed by atoms with Crippen molar-refractivity contribution in [2.24, 2.45) is 5.92 Å². The number of piperidine rings is 1. The van der Waals surface area contributed by atoms with Gasteiger partial charge < -0.3 is 9.32 Å². The van der Waals surface area contributed by atoms with Crippen molar-refractivity contribution >= 4 is 28.6 Å². The highest BCUT2D eigenvalue weighted by atomic mass is 35.5. The molecule has 26 heavy (non-hydrogen) atoms. The molecule has 2 aliphatic heterocycles. The lowest BCUT2D eigenvalue weighted by Crippen LogP contribution is -2.38. The minimum absolute atomic E-state index is 0.313. The predicted octanol–water partition coefficient (Wildman–Crippen LogP) is 2.93. The molecule has 0 spiro atoms. The lowest BCUT2D eigenvalue weighted by Gasteiger charge is -2.32. The van der Waals surface area contributed by atoms with E-state index in [0.29, 0.717) is 35.5 Å². The third kappa shape index (κ3) is 3.67. The van der Waals surface area contributed by atoms with E-state index in [0.717, 1.165) is 57.4 Å². The van der Waals surface area contributed by atoms with Crippen molar-refractivity contribution in [1.29, 1.82) is 0 Å². The molecule has 2 aromatic rings. The molecule has 3 heterocycles. The predicted molar refractivity (Wildman–Crippen MR) is 100 cm³/mol. The molecule has 0 saturated carbocycles. The Bertz CT molecular complexity index is 845. The van der Waals surface area contributed by atoms with E-state index in [-0.39, 0.29) is 5.76 Å². The van der Waals surface area contributed by atoms with E-state index in [9.17, 15) is 9.59 Å². The molecule has 6 nitrogen and oxygen atoms in total. The molecule has 1 amide bonds. The zero-order valence-electron chi connectivity index (χ0n) is 14.8. The molecule has 1 aromatic heterocycles. The topological polar surface area (TPSA) is 58.7 Å². The number of aromatic nitrogens is 1. The van der Waals surface area contributed by atoms with Gasteiger partial charge in [-0.25, -0.2) is 4.79 Å². The van der Waals surface area contributed by atoms with Crippen LogP contribution < -0.4 is 5.76 Å². The van der Waals surface area contributed by atoms with Crippen LogP contribution in [0.25, 0.3) is 11.1 Å². The molecular formula is C19H24ClN3O3. The Hall–Kier alpha value is -1.79. The SMILES string of the molecule is O=C(CC1CCN(Cn2c(=O)oc3ccc(Cl)cc32)CC1)N1CCCC1. The number of hydrogen-bond donors (Lipinski definition) is 0. The molecule has 0 N–H and O–H groups in total. The zero-order valence-corrected chi connectivity index (χ0v) is 15.6. The number of rotatable bonds is 4. The van der Waals surface area contributed by atoms with Crippen LogP contribution in [-0.4, -0.2) is 46.5 Å². The maximum Gasteiger partial charge on any atom is 0.421 e. The maximum absolute atomic E-state index is 12.3. The van der Waals surface area contributed by atoms with Crippen LogP contribution in [0, 0.1) is 5.92 Å². The summed E-state index contributed by atoms with van der Waals surface area (Å²) in [6.45, 7) is 4.13. The molecule has 0 radical (unpaired) electrons. The first-order valence-electron chi connectivity index (χ1n) is 9.39. The summed E-state index contributed by atoms with van der Waals surface area (Å²) >= 11 is 6.06. The average molecular weight is 378 g/mol. The van der Waals surface area contributed by atoms with Crippen molar-refractivity contribution in [3.8, 4) is 0 Å². The van der Waals surface area contributed by atoms with Gasteiger partial charge in [-0.3, -0.25) is 14.3 Å². The summed E-state index contributed by atoms with van der Waals surface area (Å²) in [6.07, 6.45) is 4.93. The molecule has 0 atom stereocenters. The van der Waals surface area contributed by atoms with Gasteiger partial charge in [-0.05, 0) is 49.8 Å². The summed E-state index contributed by atoms with van der Waals surface area (Å²) in [5.74, 6) is 0.410. The van der Waals surface area contributed by atoms with Crippen LogP contribution in [0.1, 0.15) is 32.1 Å². The van der Waals surface area contributed by atoms with Gasteiger partial charge in [0, 0.05) is 37.6 Å². The van der Waals surface area contributed by atoms with Crippen LogP contribution in [0.2, 0.25) is 5.02 Å². The lowest BCUT2D eigenvalue weighted by atomic mass is 9.93. The number of likely N-dealkylation sites (tertiary alicyclic amines) is 2. The smallest absolute Gasteiger partial charge is 0.408 e. The molecule has 140 valence electrons. The average Bonchev–Trinajstić information content (AvgIpc) is 3.26. The first kappa shape index (κ1) is 17.6. The van der Waals surface area contributed by atoms with E-state index in [1.807, 2.05) is 4.90 Å². The van der Waals surface area contributed by atoms with Crippen molar-refractivity contribution in [2.75, 3.05) is 26.2 Å². The molecule has 0 aliphatic carbocycles. The molecule has 7 heteroatoms. The highest BCUT2D eigenvalue weighted by molar-refractivity contribution is 6.31. The Morgan fingerprint density at radius 2 is 1.88 bits per heavy atom. The third-order valence-electron chi connectivity index (χ3n) is 5.60. The first-order chi connectivity index (χ1) is 12.6. The number of halogens is 1. The van der Waals surface area contributed by atoms with Crippen LogP contribution >= 0.6 is 11.6 Å². The Labute approximate surface area is 157 Å². The normalized spacial score (nSPS) is 19.5. The van der Waals surface area contributed by atoms with Gasteiger partial charge in [0.05, 0.1) is 12.2 Å². The highest BCUT2D eigenvalue weighted by Crippen LogP contribution is 2.24. The quantitative estimate of drug-likeness (QED) is 0.822. The molecule has 0 unspecified atom stereocenters. The molecule has 4 rings (SSSR count). The van der Waals surface area contributed by atoms with E-state index < -0.39 is 0 Å². The van der Waals surface area contributed by atoms with Gasteiger partial charge in [-0.1, -0.05) is 11.6 Å². The fourth-order valence-electron chi connectivity index (χ4n) is 4.04. The van der Waals surface area contributed by atoms with E-state index >= 15 is 0 Å². The number of fused-ring (bicyclic) bond motifs is 1. The lowest BCUT2D eigenvalue weighted by molar-refractivity contribution is -0.131. The third-order valence-corrected chi connectivity index (χ3v) is 5.84. The Morgan fingerprint density at radius 3 is 2.62 bits per heavy atom. The van der Waals surface area contributed by atoms with Gasteiger partial charge in [-0.15, -0.1) is 0 Å². The largest absolute Gasteiger partial charge is 0.421 e. The molecule has 2 saturated heterocycles. The summed E-state index contributed by atoms with van der Waals surface area (Å²) in [4.78, 5) is 28.7. The number of carbonyl (C=O) groups is 1. The van der Waals surface area contributed by atoms with Gasteiger partial charge in [-0.2, -0.15) is 0 Å². The van der Waals surface area contributed by atoms with Gasteiger partial charge in [0.25, 0.3) is 0 Å². The maximum atomic E-state index is 12.3. The van der Waals surface area contributed by atoms with Gasteiger partial charge in [0.1, 0.15) is 0 Å². The van der Waals surface area contributed by atoms with Crippen LogP contribution in [0.5, 0.6) is 0 Å². The van der Waals surface area contributed by atoms with E-state index in [4.69, 9.17) is 16.0 Å². The van der Waals surface area contributed by atoms with Crippen LogP contribution in [0.15, 0.2) is 27.4 Å². The summed E-state index contributed by atoms with van der Waals surface area (Å²) in [7, 11) is 0. The van der Waals surface area contributed by atoms with Gasteiger partial charge >= 0.3 is 5.76 Å². The van der Waals surface area contributed by atoms with Crippen molar-refractivity contribution in [3.05, 3.63) is 33.8 Å². The fraction of sp³-hybridized carbons (Fsp3) is 0.579. The molecule has 2 fully saturated rings. The van der Waals surface area contributed by atoms with Crippen molar-refractivity contribution in [1.82, 2.24) is 14.4 Å². The second kappa shape index (κ2) is 7.45. The summed E-state index contributed by atoms with van der Waals surface area (Å²) in [5, 5.41) is 0.589. The Balaban J connectivity index is 1.35. The van der Waals surface area contributed by atoms with E-state index in [2.05, 4.69) is 4.90 Å². The molecule has 2 aliphatic rings. The van der Waals surface area contributed by atoms with Gasteiger partial charge in [0.2, 0.25) is 5.91 Å². The van der Waals surface area contributed by atoms with E-state index in [1.165, 1.54) is 0 Å². The minimum atomic E-state index is -0.353. The van der Waals surface area contributed by atoms with E-state index in [1.54, 1.807) is 22.8 Å². The second-order valence-corrected chi connectivity index (χ2v) is 7.84. The zero-order chi connectivity index (χ0) is 18.1. The van der Waals surface area contributed by atoms with Crippen molar-refractivity contribution < 1.29 is 9.21 Å². The van der Waals surface area contributed by atoms with Crippen LogP contribution in [-0.2, 0) is 11.5 Å². The summed E-state index contributed by atoms with van der Waals surface area (Å²) in [6, 6.07) is 5.22. The number of amides is 1. The molecule has 1 aromatic carbocycles. The fourth-order valence-corrected chi connectivity index (χ4v) is 4.21. The number of hydrogen-bond acceptors (Lipinski definition) is 4. The Morgan fingerprint density at radius 1 is 1.15 bits per heavy atom. The second-order valence-electron chi connectivity index (χ2n) is 7.40. The minimum Gasteiger partial charge on any atom is -0.408 e. The van der Waals surface area contributed by atoms with Crippen LogP contribution in [0.3, 0.4) is 0 Å². The highest BCUT2D eigenvalue weighted by Gasteiger charge is 2.26. The number of nitrogens with zero attached hydrogens (tertiary/aromatic N) is 3. The first-order valence-corrected chi connectivity index (χ1v) is 9.77. The number of benzene rings is 1. The van der Waals surface area contributed by atoms with Crippen molar-refractivity contribution in [3.63, 3.8) is 0 Å². The van der Waals surface area contributed by atoms with Gasteiger partial charge in [0.15, 0.2) is 5.58 Å². The van der Waals surface area contributed by atoms with Crippen molar-refractivity contribution in [2.45, 2.75) is 38.8 Å². The molecule has 0 bridgehead atoms. The van der Waals surface area contributed by atoms with Crippen LogP contribution in [0.4, 0.5) is 0 Å². The summed E-state index contributed by atoms with van der Waals surface area (Å²) in [5.41, 5.74) is 1.29. The Kier molecular flexibility index (Phi) is 5.05. The standard InChI is InChI=1S/C19H24ClN3O3/c20-15-3-4-17-16(12-15)23(19(25)26-17)13-21-9-5-14(6-10-21)11-18(24)22-7-1-2-8-22/h3-4,12,14H,1-2,5-11,13H2.